The number of nitrogens with one attached hydrogen (secondary N) is 1. The minimum Gasteiger partial charge on any atom is -0.467 e. The van der Waals surface area contributed by atoms with Crippen molar-refractivity contribution in [3.05, 3.63) is 39.6 Å². The van der Waals surface area contributed by atoms with Crippen LogP contribution < -0.4 is 5.32 Å². The normalized spacial score (nSPS) is 12.1. The van der Waals surface area contributed by atoms with E-state index in [0.29, 0.717) is 27.8 Å². The van der Waals surface area contributed by atoms with E-state index in [2.05, 4.69) is 10.5 Å². The van der Waals surface area contributed by atoms with E-state index in [4.69, 9.17) is 32.5 Å². The summed E-state index contributed by atoms with van der Waals surface area (Å²) in [6, 6.07) is 4.20. The maximum absolute atomic E-state index is 12.9. The highest BCUT2D eigenvalue weighted by atomic mass is 35.5. The van der Waals surface area contributed by atoms with E-state index in [-0.39, 0.29) is 17.2 Å². The zero-order valence-corrected chi connectivity index (χ0v) is 16.4. The fraction of sp³-hybridized carbons (Fsp3) is 0.389. The third-order valence-electron chi connectivity index (χ3n) is 3.79. The Labute approximate surface area is 161 Å². The van der Waals surface area contributed by atoms with Crippen molar-refractivity contribution >= 4 is 35.1 Å². The predicted molar refractivity (Wildman–Crippen MR) is 99.4 cm³/mol. The Balaban J connectivity index is 2.41. The molecule has 1 aromatic heterocycles. The minimum atomic E-state index is -0.781. The zero-order chi connectivity index (χ0) is 19.4. The molecule has 0 aliphatic carbocycles. The maximum Gasteiger partial charge on any atom is 0.328 e. The molecule has 8 heteroatoms. The van der Waals surface area contributed by atoms with Crippen LogP contribution in [0.1, 0.15) is 36.4 Å². The SMILES string of the molecule is COC(=O)[C@H](CC(C)C)NC(=O)c1c(-c2c(Cl)cccc2Cl)noc1C. The number of rotatable bonds is 6. The van der Waals surface area contributed by atoms with Gasteiger partial charge in [0.15, 0.2) is 0 Å². The number of benzene rings is 1. The molecule has 0 aliphatic rings. The molecule has 0 bridgehead atoms. The molecule has 0 saturated carbocycles. The summed E-state index contributed by atoms with van der Waals surface area (Å²) in [5.41, 5.74) is 0.803. The summed E-state index contributed by atoms with van der Waals surface area (Å²) in [5, 5.41) is 7.31. The van der Waals surface area contributed by atoms with Crippen molar-refractivity contribution in [2.45, 2.75) is 33.2 Å². The molecule has 2 aromatic rings. The van der Waals surface area contributed by atoms with E-state index in [1.165, 1.54) is 7.11 Å². The second kappa shape index (κ2) is 8.56. The third-order valence-corrected chi connectivity index (χ3v) is 4.42. The summed E-state index contributed by atoms with van der Waals surface area (Å²) >= 11 is 12.5. The number of carbonyl (C=O) groups is 2. The fourth-order valence-corrected chi connectivity index (χ4v) is 3.17. The Kier molecular flexibility index (Phi) is 6.67. The Hall–Kier alpha value is -2.05. The molecule has 2 rings (SSSR count). The van der Waals surface area contributed by atoms with Crippen molar-refractivity contribution in [3.63, 3.8) is 0 Å². The second-order valence-corrected chi connectivity index (χ2v) is 7.05. The van der Waals surface area contributed by atoms with E-state index in [0.717, 1.165) is 0 Å². The van der Waals surface area contributed by atoms with Gasteiger partial charge >= 0.3 is 5.97 Å². The first-order valence-corrected chi connectivity index (χ1v) is 8.81. The van der Waals surface area contributed by atoms with Gasteiger partial charge in [0.05, 0.1) is 17.2 Å². The number of aryl methyl sites for hydroxylation is 1. The molecule has 0 spiro atoms. The molecule has 26 heavy (non-hydrogen) atoms. The highest BCUT2D eigenvalue weighted by molar-refractivity contribution is 6.39. The Bertz CT molecular complexity index is 797. The van der Waals surface area contributed by atoms with Crippen molar-refractivity contribution < 1.29 is 18.8 Å². The zero-order valence-electron chi connectivity index (χ0n) is 14.9. The van der Waals surface area contributed by atoms with Gasteiger partial charge in [0.1, 0.15) is 23.1 Å². The van der Waals surface area contributed by atoms with E-state index in [1.54, 1.807) is 25.1 Å². The number of esters is 1. The van der Waals surface area contributed by atoms with Gasteiger partial charge in [0.25, 0.3) is 5.91 Å². The first kappa shape index (κ1) is 20.3. The number of hydrogen-bond acceptors (Lipinski definition) is 5. The minimum absolute atomic E-state index is 0.178. The van der Waals surface area contributed by atoms with Crippen LogP contribution in [0.3, 0.4) is 0 Å². The average Bonchev–Trinajstić information content (AvgIpc) is 2.94. The molecule has 1 amide bonds. The standard InChI is InChI=1S/C18H20Cl2N2O4/c1-9(2)8-13(18(24)25-4)21-17(23)14-10(3)26-22-16(14)15-11(19)6-5-7-12(15)20/h5-7,9,13H,8H2,1-4H3,(H,21,23)/t13-/m0/s1. The molecule has 0 unspecified atom stereocenters. The quantitative estimate of drug-likeness (QED) is 0.734. The topological polar surface area (TPSA) is 81.4 Å². The van der Waals surface area contributed by atoms with Crippen molar-refractivity contribution in [1.82, 2.24) is 10.5 Å². The molecule has 1 heterocycles. The van der Waals surface area contributed by atoms with E-state index < -0.39 is 17.9 Å². The first-order chi connectivity index (χ1) is 12.3. The number of methoxy groups -OCH3 is 1. The number of aromatic nitrogens is 1. The van der Waals surface area contributed by atoms with Crippen LogP contribution in [0.15, 0.2) is 22.7 Å². The van der Waals surface area contributed by atoms with E-state index in [1.807, 2.05) is 13.8 Å². The molecule has 0 saturated heterocycles. The molecule has 1 atom stereocenters. The molecule has 1 N–H and O–H groups in total. The molecule has 6 nitrogen and oxygen atoms in total. The summed E-state index contributed by atoms with van der Waals surface area (Å²) < 4.78 is 9.97. The highest BCUT2D eigenvalue weighted by Crippen LogP contribution is 2.36. The number of ether oxygens (including phenoxy) is 1. The fourth-order valence-electron chi connectivity index (χ4n) is 2.59. The van der Waals surface area contributed by atoms with Crippen molar-refractivity contribution in [2.75, 3.05) is 7.11 Å². The number of carbonyl (C=O) groups excluding carboxylic acids is 2. The summed E-state index contributed by atoms with van der Waals surface area (Å²) in [4.78, 5) is 24.8. The van der Waals surface area contributed by atoms with Crippen molar-refractivity contribution in [3.8, 4) is 11.3 Å². The van der Waals surface area contributed by atoms with Gasteiger partial charge in [-0.25, -0.2) is 4.79 Å². The molecule has 0 fully saturated rings. The molecular weight excluding hydrogens is 379 g/mol. The Morgan fingerprint density at radius 2 is 1.88 bits per heavy atom. The lowest BCUT2D eigenvalue weighted by molar-refractivity contribution is -0.143. The number of hydrogen-bond donors (Lipinski definition) is 1. The van der Waals surface area contributed by atoms with Gasteiger partial charge in [-0.15, -0.1) is 0 Å². The molecular formula is C18H20Cl2N2O4. The molecule has 0 radical (unpaired) electrons. The summed E-state index contributed by atoms with van der Waals surface area (Å²) in [7, 11) is 1.28. The number of halogens is 2. The summed E-state index contributed by atoms with van der Waals surface area (Å²) in [6.45, 7) is 5.50. The number of nitrogens with zero attached hydrogens (tertiary/aromatic N) is 1. The molecule has 140 valence electrons. The van der Waals surface area contributed by atoms with E-state index >= 15 is 0 Å². The van der Waals surface area contributed by atoms with Crippen LogP contribution in [0.4, 0.5) is 0 Å². The van der Waals surface area contributed by atoms with Crippen LogP contribution in [0, 0.1) is 12.8 Å². The van der Waals surface area contributed by atoms with E-state index in [9.17, 15) is 9.59 Å². The van der Waals surface area contributed by atoms with Crippen LogP contribution in [0.5, 0.6) is 0 Å². The van der Waals surface area contributed by atoms with Crippen LogP contribution in [-0.2, 0) is 9.53 Å². The third kappa shape index (κ3) is 4.37. The Morgan fingerprint density at radius 3 is 2.42 bits per heavy atom. The average molecular weight is 399 g/mol. The summed E-state index contributed by atoms with van der Waals surface area (Å²) in [5.74, 6) is -0.550. The maximum atomic E-state index is 12.9. The monoisotopic (exact) mass is 398 g/mol. The van der Waals surface area contributed by atoms with Crippen LogP contribution in [-0.4, -0.2) is 30.2 Å². The highest BCUT2D eigenvalue weighted by Gasteiger charge is 2.29. The van der Waals surface area contributed by atoms with Crippen LogP contribution >= 0.6 is 23.2 Å². The predicted octanol–water partition coefficient (Wildman–Crippen LogP) is 4.27. The smallest absolute Gasteiger partial charge is 0.328 e. The number of amides is 1. The van der Waals surface area contributed by atoms with Gasteiger partial charge in [-0.3, -0.25) is 4.79 Å². The molecule has 0 aliphatic heterocycles. The largest absolute Gasteiger partial charge is 0.467 e. The lowest BCUT2D eigenvalue weighted by atomic mass is 10.0. The van der Waals surface area contributed by atoms with Gasteiger partial charge in [0.2, 0.25) is 0 Å². The molecule has 1 aromatic carbocycles. The van der Waals surface area contributed by atoms with Gasteiger partial charge < -0.3 is 14.6 Å². The van der Waals surface area contributed by atoms with Gasteiger partial charge in [-0.05, 0) is 31.4 Å². The van der Waals surface area contributed by atoms with Gasteiger partial charge in [-0.1, -0.05) is 48.3 Å². The first-order valence-electron chi connectivity index (χ1n) is 8.05. The second-order valence-electron chi connectivity index (χ2n) is 6.24. The van der Waals surface area contributed by atoms with Crippen LogP contribution in [0.25, 0.3) is 11.3 Å². The van der Waals surface area contributed by atoms with Gasteiger partial charge in [0, 0.05) is 5.56 Å². The lowest BCUT2D eigenvalue weighted by Crippen LogP contribution is -2.42. The van der Waals surface area contributed by atoms with Gasteiger partial charge in [-0.2, -0.15) is 0 Å². The van der Waals surface area contributed by atoms with Crippen LogP contribution in [0.2, 0.25) is 10.0 Å². The van der Waals surface area contributed by atoms with Crippen molar-refractivity contribution in [2.24, 2.45) is 5.92 Å². The Morgan fingerprint density at radius 1 is 1.27 bits per heavy atom. The lowest BCUT2D eigenvalue weighted by Gasteiger charge is -2.18. The van der Waals surface area contributed by atoms with Crippen molar-refractivity contribution in [1.29, 1.82) is 0 Å². The summed E-state index contributed by atoms with van der Waals surface area (Å²) in [6.07, 6.45) is 0.435.